The van der Waals surface area contributed by atoms with E-state index in [0.29, 0.717) is 19.8 Å². The maximum atomic E-state index is 5.88. The topological polar surface area (TPSA) is 39.7 Å². The van der Waals surface area contributed by atoms with Gasteiger partial charge in [-0.05, 0) is 52.6 Å². The van der Waals surface area contributed by atoms with E-state index in [1.54, 1.807) is 0 Å². The van der Waals surface area contributed by atoms with Crippen LogP contribution in [0.3, 0.4) is 0 Å². The van der Waals surface area contributed by atoms with Gasteiger partial charge in [0.15, 0.2) is 0 Å². The molecule has 1 atom stereocenters. The Bertz CT molecular complexity index is 225. The van der Waals surface area contributed by atoms with Gasteiger partial charge in [0.2, 0.25) is 0 Å². The lowest BCUT2D eigenvalue weighted by Gasteiger charge is -2.28. The van der Waals surface area contributed by atoms with E-state index in [9.17, 15) is 0 Å². The fourth-order valence-corrected chi connectivity index (χ4v) is 5.29. The zero-order chi connectivity index (χ0) is 16.7. The molecule has 0 aromatic carbocycles. The molecule has 0 saturated carbocycles. The highest BCUT2D eigenvalue weighted by Crippen LogP contribution is 2.18. The Labute approximate surface area is 139 Å². The Hall–Kier alpha value is 0.0569. The van der Waals surface area contributed by atoms with Gasteiger partial charge in [-0.3, -0.25) is 0 Å². The van der Waals surface area contributed by atoms with Gasteiger partial charge in [-0.25, -0.2) is 0 Å². The molecule has 0 saturated heterocycles. The van der Waals surface area contributed by atoms with Crippen molar-refractivity contribution in [3.63, 3.8) is 0 Å². The highest BCUT2D eigenvalue weighted by atomic mass is 28.4. The van der Waals surface area contributed by atoms with Crippen LogP contribution < -0.4 is 5.32 Å². The van der Waals surface area contributed by atoms with E-state index in [0.717, 1.165) is 31.5 Å². The molecular formula is C17H39NO3Si. The summed E-state index contributed by atoms with van der Waals surface area (Å²) < 4.78 is 17.6. The largest absolute Gasteiger partial charge is 0.500 e. The minimum atomic E-state index is -2.44. The minimum absolute atomic E-state index is 0.661. The van der Waals surface area contributed by atoms with Crippen LogP contribution in [-0.4, -0.2) is 41.7 Å². The van der Waals surface area contributed by atoms with Crippen molar-refractivity contribution in [2.24, 2.45) is 5.92 Å². The summed E-state index contributed by atoms with van der Waals surface area (Å²) in [6.07, 6.45) is 6.30. The molecule has 0 spiro atoms. The molecule has 134 valence electrons. The van der Waals surface area contributed by atoms with Crippen LogP contribution in [0.4, 0.5) is 0 Å². The standard InChI is InChI=1S/C17H39NO3Si/c1-6-11-13-17(7-2)16-18-14-12-15-22(19-8-3,20-9-4)21-10-5/h17-18H,6-16H2,1-5H3. The fraction of sp³-hybridized carbons (Fsp3) is 1.00. The van der Waals surface area contributed by atoms with Gasteiger partial charge < -0.3 is 18.6 Å². The fourth-order valence-electron chi connectivity index (χ4n) is 2.68. The Kier molecular flexibility index (Phi) is 14.7. The third-order valence-electron chi connectivity index (χ3n) is 3.91. The van der Waals surface area contributed by atoms with Gasteiger partial charge in [0.1, 0.15) is 0 Å². The van der Waals surface area contributed by atoms with Crippen molar-refractivity contribution in [1.29, 1.82) is 0 Å². The van der Waals surface area contributed by atoms with E-state index in [1.165, 1.54) is 25.7 Å². The monoisotopic (exact) mass is 333 g/mol. The molecule has 0 heterocycles. The quantitative estimate of drug-likeness (QED) is 0.339. The maximum Gasteiger partial charge on any atom is 0.500 e. The SMILES string of the molecule is CCCCC(CC)CNCCC[Si](OCC)(OCC)OCC. The number of hydrogen-bond acceptors (Lipinski definition) is 4. The minimum Gasteiger partial charge on any atom is -0.374 e. The van der Waals surface area contributed by atoms with E-state index in [2.05, 4.69) is 19.2 Å². The summed E-state index contributed by atoms with van der Waals surface area (Å²) in [6.45, 7) is 14.7. The van der Waals surface area contributed by atoms with Crippen LogP contribution in [-0.2, 0) is 13.3 Å². The third-order valence-corrected chi connectivity index (χ3v) is 7.06. The second kappa shape index (κ2) is 14.6. The molecule has 0 bridgehead atoms. The Morgan fingerprint density at radius 2 is 1.45 bits per heavy atom. The van der Waals surface area contributed by atoms with Crippen molar-refractivity contribution in [2.75, 3.05) is 32.9 Å². The highest BCUT2D eigenvalue weighted by molar-refractivity contribution is 6.60. The second-order valence-corrected chi connectivity index (χ2v) is 8.44. The van der Waals surface area contributed by atoms with Crippen LogP contribution in [0.1, 0.15) is 66.7 Å². The molecule has 0 amide bonds. The Morgan fingerprint density at radius 1 is 0.864 bits per heavy atom. The number of hydrogen-bond donors (Lipinski definition) is 1. The molecule has 0 aliphatic carbocycles. The maximum absolute atomic E-state index is 5.88. The van der Waals surface area contributed by atoms with Gasteiger partial charge >= 0.3 is 8.80 Å². The lowest BCUT2D eigenvalue weighted by atomic mass is 9.99. The van der Waals surface area contributed by atoms with Crippen LogP contribution in [0.5, 0.6) is 0 Å². The Morgan fingerprint density at radius 3 is 1.91 bits per heavy atom. The first kappa shape index (κ1) is 22.1. The van der Waals surface area contributed by atoms with E-state index < -0.39 is 8.80 Å². The van der Waals surface area contributed by atoms with Crippen molar-refractivity contribution >= 4 is 8.80 Å². The molecule has 1 unspecified atom stereocenters. The van der Waals surface area contributed by atoms with Gasteiger partial charge in [-0.2, -0.15) is 0 Å². The zero-order valence-electron chi connectivity index (χ0n) is 15.6. The van der Waals surface area contributed by atoms with Gasteiger partial charge in [0.05, 0.1) is 0 Å². The predicted octanol–water partition coefficient (Wildman–Crippen LogP) is 4.23. The summed E-state index contributed by atoms with van der Waals surface area (Å²) >= 11 is 0. The average molecular weight is 334 g/mol. The van der Waals surface area contributed by atoms with Crippen molar-refractivity contribution in [3.8, 4) is 0 Å². The summed E-state index contributed by atoms with van der Waals surface area (Å²) in [5, 5.41) is 3.60. The van der Waals surface area contributed by atoms with Gasteiger partial charge in [0.25, 0.3) is 0 Å². The number of rotatable bonds is 16. The summed E-state index contributed by atoms with van der Waals surface area (Å²) in [5.41, 5.74) is 0. The van der Waals surface area contributed by atoms with Crippen LogP contribution in [0, 0.1) is 5.92 Å². The molecule has 0 rings (SSSR count). The van der Waals surface area contributed by atoms with Gasteiger partial charge in [-0.15, -0.1) is 0 Å². The first-order valence-electron chi connectivity index (χ1n) is 9.30. The predicted molar refractivity (Wildman–Crippen MR) is 96.2 cm³/mol. The van der Waals surface area contributed by atoms with E-state index in [-0.39, 0.29) is 0 Å². The van der Waals surface area contributed by atoms with Crippen LogP contribution >= 0.6 is 0 Å². The molecule has 1 N–H and O–H groups in total. The molecule has 0 aliphatic heterocycles. The van der Waals surface area contributed by atoms with Crippen LogP contribution in [0.2, 0.25) is 6.04 Å². The molecule has 0 aromatic heterocycles. The number of nitrogens with one attached hydrogen (secondary N) is 1. The van der Waals surface area contributed by atoms with Crippen molar-refractivity contribution in [1.82, 2.24) is 5.32 Å². The van der Waals surface area contributed by atoms with E-state index in [1.807, 2.05) is 20.8 Å². The summed E-state index contributed by atoms with van der Waals surface area (Å²) in [7, 11) is -2.44. The first-order chi connectivity index (χ1) is 10.7. The van der Waals surface area contributed by atoms with E-state index in [4.69, 9.17) is 13.3 Å². The van der Waals surface area contributed by atoms with Crippen molar-refractivity contribution in [3.05, 3.63) is 0 Å². The molecule has 0 aromatic rings. The summed E-state index contributed by atoms with van der Waals surface area (Å²) in [6, 6.07) is 0.904. The second-order valence-electron chi connectivity index (χ2n) is 5.71. The molecule has 4 nitrogen and oxygen atoms in total. The lowest BCUT2D eigenvalue weighted by Crippen LogP contribution is -2.46. The van der Waals surface area contributed by atoms with E-state index >= 15 is 0 Å². The molecule has 0 aliphatic rings. The first-order valence-corrected chi connectivity index (χ1v) is 11.2. The van der Waals surface area contributed by atoms with Crippen molar-refractivity contribution < 1.29 is 13.3 Å². The van der Waals surface area contributed by atoms with Gasteiger partial charge in [-0.1, -0.05) is 33.1 Å². The lowest BCUT2D eigenvalue weighted by molar-refractivity contribution is 0.0708. The smallest absolute Gasteiger partial charge is 0.374 e. The molecule has 0 radical (unpaired) electrons. The summed E-state index contributed by atoms with van der Waals surface area (Å²) in [5.74, 6) is 0.813. The van der Waals surface area contributed by atoms with Crippen LogP contribution in [0.25, 0.3) is 0 Å². The normalized spacial score (nSPS) is 13.5. The molecule has 0 fully saturated rings. The summed E-state index contributed by atoms with van der Waals surface area (Å²) in [4.78, 5) is 0. The molecule has 22 heavy (non-hydrogen) atoms. The van der Waals surface area contributed by atoms with Gasteiger partial charge in [0, 0.05) is 25.9 Å². The van der Waals surface area contributed by atoms with Crippen molar-refractivity contribution in [2.45, 2.75) is 72.8 Å². The number of unbranched alkanes of at least 4 members (excludes halogenated alkanes) is 1. The molecular weight excluding hydrogens is 294 g/mol. The molecule has 5 heteroatoms. The average Bonchev–Trinajstić information content (AvgIpc) is 2.51. The zero-order valence-corrected chi connectivity index (χ0v) is 16.6. The van der Waals surface area contributed by atoms with Crippen LogP contribution in [0.15, 0.2) is 0 Å². The Balaban J connectivity index is 4.05. The third kappa shape index (κ3) is 9.95. The highest BCUT2D eigenvalue weighted by Gasteiger charge is 2.39.